The van der Waals surface area contributed by atoms with Crippen molar-refractivity contribution >= 4 is 18.0 Å². The molecule has 0 unspecified atom stereocenters. The number of ether oxygens (including phenoxy) is 2. The molecule has 0 saturated heterocycles. The molecule has 0 aliphatic rings. The molecule has 0 saturated carbocycles. The van der Waals surface area contributed by atoms with Crippen LogP contribution in [0.25, 0.3) is 0 Å². The summed E-state index contributed by atoms with van der Waals surface area (Å²) in [6, 6.07) is 16.7. The lowest BCUT2D eigenvalue weighted by molar-refractivity contribution is -0.145. The maximum Gasteiger partial charge on any atom is 0.407 e. The van der Waals surface area contributed by atoms with Gasteiger partial charge in [0.05, 0.1) is 31.3 Å². The fourth-order valence-corrected chi connectivity index (χ4v) is 2.80. The van der Waals surface area contributed by atoms with Gasteiger partial charge in [0.25, 0.3) is 0 Å². The van der Waals surface area contributed by atoms with Crippen LogP contribution < -0.4 is 10.6 Å². The average molecular weight is 439 g/mol. The summed E-state index contributed by atoms with van der Waals surface area (Å²) >= 11 is 0. The Morgan fingerprint density at radius 3 is 2.38 bits per heavy atom. The Morgan fingerprint density at radius 1 is 1.06 bits per heavy atom. The number of benzene rings is 2. The number of alkyl carbamates (subject to hydrolysis) is 1. The Hall–Kier alpha value is -3.90. The van der Waals surface area contributed by atoms with Gasteiger partial charge >= 0.3 is 12.1 Å². The van der Waals surface area contributed by atoms with Crippen LogP contribution in [-0.4, -0.2) is 48.9 Å². The van der Waals surface area contributed by atoms with Crippen LogP contribution in [-0.2, 0) is 32.1 Å². The molecule has 32 heavy (non-hydrogen) atoms. The molecule has 0 heterocycles. The topological polar surface area (TPSA) is 138 Å². The summed E-state index contributed by atoms with van der Waals surface area (Å²) in [6.45, 7) is -0.112. The van der Waals surface area contributed by atoms with Crippen molar-refractivity contribution in [1.82, 2.24) is 10.6 Å². The highest BCUT2D eigenvalue weighted by Gasteiger charge is 2.23. The van der Waals surface area contributed by atoms with Crippen LogP contribution in [0.4, 0.5) is 4.79 Å². The second-order valence-corrected chi connectivity index (χ2v) is 6.96. The van der Waals surface area contributed by atoms with Crippen LogP contribution in [0.2, 0.25) is 0 Å². The summed E-state index contributed by atoms with van der Waals surface area (Å²) in [5.74, 6) is -1.22. The molecule has 2 aromatic carbocycles. The number of carbonyl (C=O) groups excluding carboxylic acids is 3. The van der Waals surface area contributed by atoms with E-state index in [9.17, 15) is 19.5 Å². The molecule has 0 radical (unpaired) electrons. The SMILES string of the molecule is COC(=O)[C@H](Cc1ccc(C#N)cc1)NC(=O)C[C@H](O)CNC(=O)OCc1ccccc1. The number of rotatable bonds is 10. The number of aliphatic hydroxyl groups is 1. The molecule has 2 amide bonds. The Morgan fingerprint density at radius 2 is 1.75 bits per heavy atom. The van der Waals surface area contributed by atoms with Gasteiger partial charge in [0.2, 0.25) is 5.91 Å². The first kappa shape index (κ1) is 24.4. The molecule has 2 aromatic rings. The molecule has 2 atom stereocenters. The number of hydrogen-bond donors (Lipinski definition) is 3. The molecular weight excluding hydrogens is 414 g/mol. The van der Waals surface area contributed by atoms with Crippen LogP contribution in [0.15, 0.2) is 54.6 Å². The largest absolute Gasteiger partial charge is 0.467 e. The predicted octanol–water partition coefficient (Wildman–Crippen LogP) is 1.44. The normalized spacial score (nSPS) is 12.0. The zero-order chi connectivity index (χ0) is 23.3. The van der Waals surface area contributed by atoms with Crippen molar-refractivity contribution in [2.45, 2.75) is 31.6 Å². The van der Waals surface area contributed by atoms with Crippen molar-refractivity contribution < 1.29 is 29.0 Å². The van der Waals surface area contributed by atoms with Crippen molar-refractivity contribution in [1.29, 1.82) is 5.26 Å². The summed E-state index contributed by atoms with van der Waals surface area (Å²) in [4.78, 5) is 36.0. The molecule has 0 spiro atoms. The van der Waals surface area contributed by atoms with Crippen molar-refractivity contribution in [3.05, 3.63) is 71.3 Å². The minimum Gasteiger partial charge on any atom is -0.467 e. The fraction of sp³-hybridized carbons (Fsp3) is 0.304. The summed E-state index contributed by atoms with van der Waals surface area (Å²) < 4.78 is 9.77. The fourth-order valence-electron chi connectivity index (χ4n) is 2.80. The third-order valence-electron chi connectivity index (χ3n) is 4.46. The molecule has 168 valence electrons. The van der Waals surface area contributed by atoms with E-state index >= 15 is 0 Å². The van der Waals surface area contributed by atoms with Crippen LogP contribution >= 0.6 is 0 Å². The quantitative estimate of drug-likeness (QED) is 0.476. The van der Waals surface area contributed by atoms with Crippen molar-refractivity contribution in [3.63, 3.8) is 0 Å². The molecule has 3 N–H and O–H groups in total. The zero-order valence-electron chi connectivity index (χ0n) is 17.6. The highest BCUT2D eigenvalue weighted by molar-refractivity contribution is 5.85. The smallest absolute Gasteiger partial charge is 0.407 e. The number of methoxy groups -OCH3 is 1. The van der Waals surface area contributed by atoms with Crippen LogP contribution in [0.1, 0.15) is 23.1 Å². The number of nitriles is 1. The number of nitrogens with zero attached hydrogens (tertiary/aromatic N) is 1. The van der Waals surface area contributed by atoms with Gasteiger partial charge in [-0.05, 0) is 23.3 Å². The average Bonchev–Trinajstić information content (AvgIpc) is 2.81. The van der Waals surface area contributed by atoms with Gasteiger partial charge in [-0.15, -0.1) is 0 Å². The number of nitrogens with one attached hydrogen (secondary N) is 2. The van der Waals surface area contributed by atoms with Crippen molar-refractivity contribution in [2.24, 2.45) is 0 Å². The molecule has 9 heteroatoms. The zero-order valence-corrected chi connectivity index (χ0v) is 17.6. The van der Waals surface area contributed by atoms with E-state index in [1.54, 1.807) is 24.3 Å². The van der Waals surface area contributed by atoms with Crippen LogP contribution in [0, 0.1) is 11.3 Å². The van der Waals surface area contributed by atoms with Crippen molar-refractivity contribution in [3.8, 4) is 6.07 Å². The third kappa shape index (κ3) is 8.45. The van der Waals surface area contributed by atoms with Gasteiger partial charge in [0.1, 0.15) is 12.6 Å². The van der Waals surface area contributed by atoms with E-state index in [0.29, 0.717) is 5.56 Å². The molecule has 9 nitrogen and oxygen atoms in total. The van der Waals surface area contributed by atoms with E-state index in [0.717, 1.165) is 11.1 Å². The summed E-state index contributed by atoms with van der Waals surface area (Å²) in [5, 5.41) is 23.8. The molecule has 0 bridgehead atoms. The van der Waals surface area contributed by atoms with Crippen LogP contribution in [0.3, 0.4) is 0 Å². The molecule has 0 fully saturated rings. The number of hydrogen-bond acceptors (Lipinski definition) is 7. The summed E-state index contributed by atoms with van der Waals surface area (Å²) in [5.41, 5.74) is 2.02. The number of esters is 1. The van der Waals surface area contributed by atoms with Gasteiger partial charge in [0, 0.05) is 13.0 Å². The van der Waals surface area contributed by atoms with Gasteiger partial charge in [-0.3, -0.25) is 4.79 Å². The first-order chi connectivity index (χ1) is 15.4. The lowest BCUT2D eigenvalue weighted by Gasteiger charge is -2.18. The minimum atomic E-state index is -1.17. The van der Waals surface area contributed by atoms with Gasteiger partial charge in [-0.2, -0.15) is 5.26 Å². The van der Waals surface area contributed by atoms with Gasteiger partial charge in [0.15, 0.2) is 0 Å². The lowest BCUT2D eigenvalue weighted by Crippen LogP contribution is -2.45. The second kappa shape index (κ2) is 12.7. The lowest BCUT2D eigenvalue weighted by atomic mass is 10.0. The Labute approximate surface area is 186 Å². The van der Waals surface area contributed by atoms with E-state index in [1.165, 1.54) is 7.11 Å². The first-order valence-corrected chi connectivity index (χ1v) is 9.90. The monoisotopic (exact) mass is 439 g/mol. The molecule has 0 aliphatic heterocycles. The predicted molar refractivity (Wildman–Crippen MR) is 114 cm³/mol. The summed E-state index contributed by atoms with van der Waals surface area (Å²) in [7, 11) is 1.21. The Balaban J connectivity index is 1.78. The Bertz CT molecular complexity index is 940. The maximum absolute atomic E-state index is 12.3. The Kier molecular flexibility index (Phi) is 9.69. The standard InChI is InChI=1S/C23H25N3O6/c1-31-22(29)20(11-16-7-9-17(13-24)10-8-16)26-21(28)12-19(27)14-25-23(30)32-15-18-5-3-2-4-6-18/h2-10,19-20,27H,11-12,14-15H2,1H3,(H,25,30)(H,26,28)/t19-,20-/m0/s1. The van der Waals surface area contributed by atoms with E-state index < -0.39 is 30.1 Å². The van der Waals surface area contributed by atoms with Gasteiger partial charge in [-0.25, -0.2) is 9.59 Å². The van der Waals surface area contributed by atoms with E-state index in [4.69, 9.17) is 14.7 Å². The summed E-state index contributed by atoms with van der Waals surface area (Å²) in [6.07, 6.45) is -2.07. The van der Waals surface area contributed by atoms with Gasteiger partial charge in [-0.1, -0.05) is 42.5 Å². The number of amides is 2. The van der Waals surface area contributed by atoms with Crippen molar-refractivity contribution in [2.75, 3.05) is 13.7 Å². The van der Waals surface area contributed by atoms with Gasteiger partial charge < -0.3 is 25.2 Å². The number of carbonyl (C=O) groups is 3. The van der Waals surface area contributed by atoms with E-state index in [-0.39, 0.29) is 26.0 Å². The second-order valence-electron chi connectivity index (χ2n) is 6.96. The van der Waals surface area contributed by atoms with E-state index in [1.807, 2.05) is 36.4 Å². The van der Waals surface area contributed by atoms with Crippen LogP contribution in [0.5, 0.6) is 0 Å². The van der Waals surface area contributed by atoms with E-state index in [2.05, 4.69) is 10.6 Å². The number of aliphatic hydroxyl groups excluding tert-OH is 1. The molecular formula is C23H25N3O6. The minimum absolute atomic E-state index is 0.0827. The molecule has 0 aliphatic carbocycles. The highest BCUT2D eigenvalue weighted by Crippen LogP contribution is 2.08. The first-order valence-electron chi connectivity index (χ1n) is 9.90. The highest BCUT2D eigenvalue weighted by atomic mass is 16.5. The molecule has 2 rings (SSSR count). The third-order valence-corrected chi connectivity index (χ3v) is 4.46. The molecule has 0 aromatic heterocycles. The maximum atomic E-state index is 12.3.